The second-order valence-electron chi connectivity index (χ2n) is 2.66. The van der Waals surface area contributed by atoms with E-state index in [2.05, 4.69) is 10.1 Å². The fourth-order valence-electron chi connectivity index (χ4n) is 0.975. The standard InChI is InChI=1S/C5H8N3O6P/c9-3-1-6-5(7-15(12,13)14)8(3)2-4(10)11/h1-2H2,(H,10,11)(H3,6,7,12,13,14). The van der Waals surface area contributed by atoms with Crippen LogP contribution in [0.1, 0.15) is 0 Å². The van der Waals surface area contributed by atoms with Gasteiger partial charge in [0.25, 0.3) is 0 Å². The molecule has 4 N–H and O–H groups in total. The number of carboxylic acids is 1. The van der Waals surface area contributed by atoms with Gasteiger partial charge in [-0.05, 0) is 0 Å². The summed E-state index contributed by atoms with van der Waals surface area (Å²) in [6, 6.07) is 0. The molecular weight excluding hydrogens is 229 g/mol. The van der Waals surface area contributed by atoms with Gasteiger partial charge in [0.2, 0.25) is 11.9 Å². The maximum atomic E-state index is 11.1. The van der Waals surface area contributed by atoms with E-state index in [1.165, 1.54) is 0 Å². The summed E-state index contributed by atoms with van der Waals surface area (Å²) in [5.74, 6) is -2.33. The van der Waals surface area contributed by atoms with Crippen LogP contribution in [-0.4, -0.2) is 50.7 Å². The Bertz CT molecular complexity index is 373. The molecule has 0 spiro atoms. The number of carbonyl (C=O) groups excluding carboxylic acids is 1. The minimum Gasteiger partial charge on any atom is -0.480 e. The SMILES string of the molecule is O=C(O)CN1C(=O)CNC1=NP(=O)(O)O. The molecule has 84 valence electrons. The molecule has 1 saturated heterocycles. The maximum absolute atomic E-state index is 11.1. The fraction of sp³-hybridized carbons (Fsp3) is 0.400. The summed E-state index contributed by atoms with van der Waals surface area (Å²) in [5, 5.41) is 10.7. The highest BCUT2D eigenvalue weighted by atomic mass is 31.2. The molecule has 0 aromatic heterocycles. The first kappa shape index (κ1) is 11.6. The summed E-state index contributed by atoms with van der Waals surface area (Å²) in [6.45, 7) is -0.920. The smallest absolute Gasteiger partial charge is 0.451 e. The number of carbonyl (C=O) groups is 2. The Morgan fingerprint density at radius 1 is 1.60 bits per heavy atom. The van der Waals surface area contributed by atoms with Gasteiger partial charge in [0.05, 0.1) is 6.54 Å². The summed E-state index contributed by atoms with van der Waals surface area (Å²) in [7, 11) is -4.68. The highest BCUT2D eigenvalue weighted by molar-refractivity contribution is 7.50. The average molecular weight is 237 g/mol. The molecule has 1 aliphatic heterocycles. The van der Waals surface area contributed by atoms with Gasteiger partial charge in [0.15, 0.2) is 0 Å². The highest BCUT2D eigenvalue weighted by Gasteiger charge is 2.30. The van der Waals surface area contributed by atoms with Crippen LogP contribution in [0.5, 0.6) is 0 Å². The first-order chi connectivity index (χ1) is 6.79. The van der Waals surface area contributed by atoms with Crippen LogP contribution in [0, 0.1) is 0 Å². The van der Waals surface area contributed by atoms with Gasteiger partial charge in [-0.3, -0.25) is 14.5 Å². The molecule has 1 heterocycles. The number of aliphatic carboxylic acids is 1. The van der Waals surface area contributed by atoms with Crippen molar-refractivity contribution in [1.82, 2.24) is 10.2 Å². The van der Waals surface area contributed by atoms with Gasteiger partial charge in [-0.2, -0.15) is 0 Å². The van der Waals surface area contributed by atoms with E-state index in [1.54, 1.807) is 0 Å². The molecule has 15 heavy (non-hydrogen) atoms. The van der Waals surface area contributed by atoms with Gasteiger partial charge in [-0.25, -0.2) is 4.57 Å². The van der Waals surface area contributed by atoms with Crippen molar-refractivity contribution in [2.75, 3.05) is 13.1 Å². The molecule has 1 amide bonds. The number of guanidine groups is 1. The summed E-state index contributed by atoms with van der Waals surface area (Å²) >= 11 is 0. The van der Waals surface area contributed by atoms with E-state index < -0.39 is 32.1 Å². The monoisotopic (exact) mass is 237 g/mol. The first-order valence-electron chi connectivity index (χ1n) is 3.71. The quantitative estimate of drug-likeness (QED) is 0.414. The molecule has 0 radical (unpaired) electrons. The molecule has 1 rings (SSSR count). The molecule has 9 nitrogen and oxygen atoms in total. The van der Waals surface area contributed by atoms with E-state index in [0.717, 1.165) is 0 Å². The van der Waals surface area contributed by atoms with Crippen LogP contribution in [0.25, 0.3) is 0 Å². The first-order valence-corrected chi connectivity index (χ1v) is 5.28. The minimum atomic E-state index is -4.68. The van der Waals surface area contributed by atoms with Crippen molar-refractivity contribution in [3.63, 3.8) is 0 Å². The molecule has 1 fully saturated rings. The zero-order valence-electron chi connectivity index (χ0n) is 7.32. The van der Waals surface area contributed by atoms with Crippen molar-refractivity contribution >= 4 is 25.6 Å². The van der Waals surface area contributed by atoms with Crippen LogP contribution < -0.4 is 5.32 Å². The molecule has 0 aromatic rings. The van der Waals surface area contributed by atoms with Gasteiger partial charge in [-0.1, -0.05) is 0 Å². The number of hydrogen-bond acceptors (Lipinski definition) is 3. The van der Waals surface area contributed by atoms with E-state index in [0.29, 0.717) is 4.90 Å². The van der Waals surface area contributed by atoms with Crippen molar-refractivity contribution in [1.29, 1.82) is 0 Å². The lowest BCUT2D eigenvalue weighted by atomic mass is 10.5. The molecule has 0 aromatic carbocycles. The van der Waals surface area contributed by atoms with Crippen LogP contribution in [0.2, 0.25) is 0 Å². The lowest BCUT2D eigenvalue weighted by Crippen LogP contribution is -2.36. The number of nitrogens with one attached hydrogen (secondary N) is 1. The number of rotatable bonds is 3. The van der Waals surface area contributed by atoms with Crippen molar-refractivity contribution < 1.29 is 29.0 Å². The molecule has 10 heteroatoms. The van der Waals surface area contributed by atoms with Crippen LogP contribution in [0.15, 0.2) is 4.76 Å². The zero-order valence-corrected chi connectivity index (χ0v) is 8.22. The highest BCUT2D eigenvalue weighted by Crippen LogP contribution is 2.36. The molecule has 0 aliphatic carbocycles. The Kier molecular flexibility index (Phi) is 3.08. The Morgan fingerprint density at radius 2 is 2.20 bits per heavy atom. The van der Waals surface area contributed by atoms with E-state index in [-0.39, 0.29) is 6.54 Å². The third-order valence-electron chi connectivity index (χ3n) is 1.47. The Balaban J connectivity index is 2.90. The fourth-order valence-corrected chi connectivity index (χ4v) is 1.40. The summed E-state index contributed by atoms with van der Waals surface area (Å²) in [4.78, 5) is 39.1. The topological polar surface area (TPSA) is 140 Å². The third-order valence-corrected chi connectivity index (χ3v) is 1.92. The van der Waals surface area contributed by atoms with Crippen molar-refractivity contribution in [3.8, 4) is 0 Å². The third kappa shape index (κ3) is 3.31. The van der Waals surface area contributed by atoms with Crippen molar-refractivity contribution in [2.24, 2.45) is 4.76 Å². The van der Waals surface area contributed by atoms with Gasteiger partial charge in [0.1, 0.15) is 6.54 Å². The van der Waals surface area contributed by atoms with Crippen LogP contribution in [0.3, 0.4) is 0 Å². The number of carboxylic acid groups (broad SMARTS) is 1. The molecule has 0 unspecified atom stereocenters. The zero-order chi connectivity index (χ0) is 11.6. The second-order valence-corrected chi connectivity index (χ2v) is 3.89. The number of amides is 1. The summed E-state index contributed by atoms with van der Waals surface area (Å²) < 4.78 is 13.4. The van der Waals surface area contributed by atoms with E-state index in [4.69, 9.17) is 14.9 Å². The van der Waals surface area contributed by atoms with Crippen LogP contribution in [0.4, 0.5) is 0 Å². The normalized spacial score (nSPS) is 19.5. The summed E-state index contributed by atoms with van der Waals surface area (Å²) in [5.41, 5.74) is 0. The molecule has 1 aliphatic rings. The Morgan fingerprint density at radius 3 is 2.67 bits per heavy atom. The molecule has 0 saturated carbocycles. The van der Waals surface area contributed by atoms with Gasteiger partial charge >= 0.3 is 13.7 Å². The van der Waals surface area contributed by atoms with Gasteiger partial charge < -0.3 is 20.2 Å². The Labute approximate surface area is 83.6 Å². The van der Waals surface area contributed by atoms with Crippen molar-refractivity contribution in [3.05, 3.63) is 0 Å². The van der Waals surface area contributed by atoms with Crippen LogP contribution in [-0.2, 0) is 14.2 Å². The number of hydrogen-bond donors (Lipinski definition) is 4. The maximum Gasteiger partial charge on any atom is 0.451 e. The van der Waals surface area contributed by atoms with E-state index >= 15 is 0 Å². The Hall–Kier alpha value is -1.44. The lowest BCUT2D eigenvalue weighted by molar-refractivity contribution is -0.140. The summed E-state index contributed by atoms with van der Waals surface area (Å²) in [6.07, 6.45) is 0. The van der Waals surface area contributed by atoms with Gasteiger partial charge in [-0.15, -0.1) is 4.76 Å². The predicted octanol–water partition coefficient (Wildman–Crippen LogP) is -2.05. The molecule has 0 atom stereocenters. The molecule has 0 bridgehead atoms. The number of nitrogens with zero attached hydrogens (tertiary/aromatic N) is 2. The van der Waals surface area contributed by atoms with Crippen molar-refractivity contribution in [2.45, 2.75) is 0 Å². The largest absolute Gasteiger partial charge is 0.480 e. The second kappa shape index (κ2) is 3.97. The predicted molar refractivity (Wildman–Crippen MR) is 46.8 cm³/mol. The van der Waals surface area contributed by atoms with E-state index in [9.17, 15) is 14.2 Å². The lowest BCUT2D eigenvalue weighted by Gasteiger charge is -2.12. The average Bonchev–Trinajstić information content (AvgIpc) is 2.32. The van der Waals surface area contributed by atoms with Crippen LogP contribution >= 0.6 is 7.75 Å². The molecular formula is C5H8N3O6P. The van der Waals surface area contributed by atoms with Gasteiger partial charge in [0, 0.05) is 0 Å². The van der Waals surface area contributed by atoms with E-state index in [1.807, 2.05) is 0 Å². The minimum absolute atomic E-state index is 0.230.